The second kappa shape index (κ2) is 11.9. The summed E-state index contributed by atoms with van der Waals surface area (Å²) in [5.74, 6) is 0.609. The number of aromatic nitrogens is 2. The summed E-state index contributed by atoms with van der Waals surface area (Å²) in [5.41, 5.74) is 7.51. The van der Waals surface area contributed by atoms with Crippen LogP contribution in [0.25, 0.3) is 5.69 Å². The molecule has 208 valence electrons. The van der Waals surface area contributed by atoms with E-state index in [9.17, 15) is 0 Å². The van der Waals surface area contributed by atoms with E-state index in [1.807, 2.05) is 56.7 Å². The van der Waals surface area contributed by atoms with Crippen LogP contribution in [-0.2, 0) is 4.74 Å². The normalized spacial score (nSPS) is 16.8. The van der Waals surface area contributed by atoms with Crippen molar-refractivity contribution in [3.63, 3.8) is 0 Å². The van der Waals surface area contributed by atoms with Gasteiger partial charge in [-0.05, 0) is 92.3 Å². The lowest BCUT2D eigenvalue weighted by atomic mass is 9.96. The number of rotatable bonds is 9. The van der Waals surface area contributed by atoms with Crippen molar-refractivity contribution in [3.05, 3.63) is 101 Å². The van der Waals surface area contributed by atoms with E-state index in [-0.39, 0.29) is 12.1 Å². The number of nitrogens with one attached hydrogen (secondary N) is 1. The molecule has 2 atom stereocenters. The van der Waals surface area contributed by atoms with Crippen LogP contribution in [0.4, 0.5) is 11.4 Å². The first kappa shape index (κ1) is 28.0. The van der Waals surface area contributed by atoms with Crippen molar-refractivity contribution in [2.45, 2.75) is 25.9 Å². The van der Waals surface area contributed by atoms with Gasteiger partial charge in [-0.25, -0.2) is 0 Å². The quantitative estimate of drug-likeness (QED) is 0.183. The second-order valence-electron chi connectivity index (χ2n) is 10.0. The predicted molar refractivity (Wildman–Crippen MR) is 166 cm³/mol. The van der Waals surface area contributed by atoms with Crippen molar-refractivity contribution in [2.75, 3.05) is 44.2 Å². The van der Waals surface area contributed by atoms with Crippen LogP contribution in [0.3, 0.4) is 0 Å². The highest BCUT2D eigenvalue weighted by molar-refractivity contribution is 7.80. The van der Waals surface area contributed by atoms with E-state index in [1.165, 1.54) is 0 Å². The van der Waals surface area contributed by atoms with E-state index in [4.69, 9.17) is 38.3 Å². The van der Waals surface area contributed by atoms with Crippen LogP contribution < -0.4 is 19.9 Å². The van der Waals surface area contributed by atoms with E-state index >= 15 is 0 Å². The second-order valence-corrected chi connectivity index (χ2v) is 10.8. The fourth-order valence-corrected chi connectivity index (χ4v) is 5.90. The Balaban J connectivity index is 1.59. The van der Waals surface area contributed by atoms with Crippen LogP contribution in [0.1, 0.15) is 34.7 Å². The number of hydrogen-bond donors (Lipinski definition) is 1. The molecule has 5 rings (SSSR count). The topological polar surface area (TPSA) is 54.8 Å². The molecule has 0 aliphatic carbocycles. The number of methoxy groups -OCH3 is 1. The predicted octanol–water partition coefficient (Wildman–Crippen LogP) is 6.41. The Labute approximate surface area is 246 Å². The molecule has 0 saturated carbocycles. The molecule has 40 heavy (non-hydrogen) atoms. The molecule has 1 fully saturated rings. The molecular weight excluding hydrogens is 542 g/mol. The Morgan fingerprint density at radius 3 is 2.40 bits per heavy atom. The zero-order chi connectivity index (χ0) is 28.4. The highest BCUT2D eigenvalue weighted by Crippen LogP contribution is 2.45. The van der Waals surface area contributed by atoms with Gasteiger partial charge in [0.25, 0.3) is 0 Å². The van der Waals surface area contributed by atoms with Crippen LogP contribution in [-0.4, -0.2) is 49.1 Å². The molecule has 0 unspecified atom stereocenters. The number of anilines is 2. The van der Waals surface area contributed by atoms with Gasteiger partial charge >= 0.3 is 0 Å². The standard InChI is InChI=1S/C31H34ClN5O2S/c1-20-18-25(21(2)36(20)23-11-9-22(10-12-23)35(3)4)30-29(27-8-6-7-15-33-27)34-31(40)37(30)24-13-14-28(26(32)19-24)39-17-16-38-5/h6-15,18-19,29-30H,16-17H2,1-5H3,(H,34,40)/t29-,30+/m0/s1. The van der Waals surface area contributed by atoms with Gasteiger partial charge < -0.3 is 29.2 Å². The van der Waals surface area contributed by atoms with Crippen molar-refractivity contribution >= 4 is 40.3 Å². The molecular formula is C31H34ClN5O2S. The summed E-state index contributed by atoms with van der Waals surface area (Å²) in [6, 6.07) is 22.3. The summed E-state index contributed by atoms with van der Waals surface area (Å²) < 4.78 is 13.2. The lowest BCUT2D eigenvalue weighted by molar-refractivity contribution is 0.146. The van der Waals surface area contributed by atoms with Gasteiger partial charge in [-0.2, -0.15) is 0 Å². The van der Waals surface area contributed by atoms with E-state index in [0.717, 1.165) is 39.7 Å². The van der Waals surface area contributed by atoms with E-state index in [1.54, 1.807) is 7.11 Å². The maximum absolute atomic E-state index is 6.68. The summed E-state index contributed by atoms with van der Waals surface area (Å²) in [6.07, 6.45) is 1.82. The van der Waals surface area contributed by atoms with Crippen LogP contribution in [0.2, 0.25) is 5.02 Å². The Kier molecular flexibility index (Phi) is 8.30. The maximum atomic E-state index is 6.68. The van der Waals surface area contributed by atoms with Crippen LogP contribution >= 0.6 is 23.8 Å². The summed E-state index contributed by atoms with van der Waals surface area (Å²) in [7, 11) is 5.74. The molecule has 0 spiro atoms. The number of aryl methyl sites for hydroxylation is 1. The van der Waals surface area contributed by atoms with Gasteiger partial charge in [-0.1, -0.05) is 17.7 Å². The average Bonchev–Trinajstić information content (AvgIpc) is 3.44. The summed E-state index contributed by atoms with van der Waals surface area (Å²) in [4.78, 5) is 8.94. The smallest absolute Gasteiger partial charge is 0.174 e. The highest BCUT2D eigenvalue weighted by Gasteiger charge is 2.42. The van der Waals surface area contributed by atoms with E-state index in [0.29, 0.717) is 29.1 Å². The van der Waals surface area contributed by atoms with Gasteiger partial charge in [0.2, 0.25) is 0 Å². The molecule has 1 aliphatic rings. The number of ether oxygens (including phenoxy) is 2. The third-order valence-corrected chi connectivity index (χ3v) is 7.86. The Morgan fingerprint density at radius 1 is 1.00 bits per heavy atom. The molecule has 3 heterocycles. The minimum Gasteiger partial charge on any atom is -0.490 e. The van der Waals surface area contributed by atoms with Crippen LogP contribution in [0.15, 0.2) is 72.9 Å². The number of hydrogen-bond acceptors (Lipinski definition) is 5. The number of halogens is 1. The summed E-state index contributed by atoms with van der Waals surface area (Å²) in [6.45, 7) is 5.21. The fourth-order valence-electron chi connectivity index (χ4n) is 5.32. The largest absolute Gasteiger partial charge is 0.490 e. The van der Waals surface area contributed by atoms with Crippen molar-refractivity contribution < 1.29 is 9.47 Å². The lowest BCUT2D eigenvalue weighted by Gasteiger charge is -2.28. The molecule has 9 heteroatoms. The van der Waals surface area contributed by atoms with Crippen molar-refractivity contribution in [2.24, 2.45) is 0 Å². The molecule has 2 aromatic carbocycles. The van der Waals surface area contributed by atoms with Gasteiger partial charge in [0.1, 0.15) is 12.4 Å². The molecule has 4 aromatic rings. The maximum Gasteiger partial charge on any atom is 0.174 e. The number of nitrogens with zero attached hydrogens (tertiary/aromatic N) is 4. The van der Waals surface area contributed by atoms with Crippen LogP contribution in [0, 0.1) is 13.8 Å². The third-order valence-electron chi connectivity index (χ3n) is 7.25. The molecule has 1 saturated heterocycles. The van der Waals surface area contributed by atoms with Gasteiger partial charge in [-0.15, -0.1) is 0 Å². The zero-order valence-electron chi connectivity index (χ0n) is 23.4. The number of thiocarbonyl (C=S) groups is 1. The summed E-state index contributed by atoms with van der Waals surface area (Å²) in [5, 5.41) is 4.68. The van der Waals surface area contributed by atoms with Gasteiger partial charge in [-0.3, -0.25) is 4.98 Å². The SMILES string of the molecule is COCCOc1ccc(N2C(=S)N[C@@H](c3ccccn3)[C@H]2c2cc(C)n(-c3ccc(N(C)C)cc3)c2C)cc1Cl. The highest BCUT2D eigenvalue weighted by atomic mass is 35.5. The minimum absolute atomic E-state index is 0.153. The van der Waals surface area contributed by atoms with Crippen molar-refractivity contribution in [1.82, 2.24) is 14.9 Å². The van der Waals surface area contributed by atoms with Crippen molar-refractivity contribution in [1.29, 1.82) is 0 Å². The molecule has 0 amide bonds. The van der Waals surface area contributed by atoms with Crippen molar-refractivity contribution in [3.8, 4) is 11.4 Å². The average molecular weight is 576 g/mol. The fraction of sp³-hybridized carbons (Fsp3) is 0.290. The number of benzene rings is 2. The van der Waals surface area contributed by atoms with E-state index < -0.39 is 0 Å². The molecule has 1 aliphatic heterocycles. The van der Waals surface area contributed by atoms with E-state index in [2.05, 4.69) is 63.9 Å². The number of pyridine rings is 1. The molecule has 7 nitrogen and oxygen atoms in total. The minimum atomic E-state index is -0.157. The van der Waals surface area contributed by atoms with Gasteiger partial charge in [0.05, 0.1) is 29.4 Å². The lowest BCUT2D eigenvalue weighted by Crippen LogP contribution is -2.29. The van der Waals surface area contributed by atoms with Crippen LogP contribution in [0.5, 0.6) is 5.75 Å². The Bertz CT molecular complexity index is 1490. The first-order valence-electron chi connectivity index (χ1n) is 13.2. The zero-order valence-corrected chi connectivity index (χ0v) is 25.0. The Morgan fingerprint density at radius 2 is 1.75 bits per heavy atom. The first-order chi connectivity index (χ1) is 19.3. The monoisotopic (exact) mass is 575 g/mol. The van der Waals surface area contributed by atoms with Gasteiger partial charge in [0, 0.05) is 55.9 Å². The Hall–Kier alpha value is -3.59. The molecule has 0 radical (unpaired) electrons. The first-order valence-corrected chi connectivity index (χ1v) is 14.0. The molecule has 2 aromatic heterocycles. The third kappa shape index (κ3) is 5.39. The molecule has 1 N–H and O–H groups in total. The molecule has 0 bridgehead atoms. The summed E-state index contributed by atoms with van der Waals surface area (Å²) >= 11 is 12.6. The van der Waals surface area contributed by atoms with Gasteiger partial charge in [0.15, 0.2) is 5.11 Å².